The number of halogens is 1. The smallest absolute Gasteiger partial charge is 0.244 e. The molecule has 4 nitrogen and oxygen atoms in total. The van der Waals surface area contributed by atoms with Gasteiger partial charge in [-0.05, 0) is 61.7 Å². The van der Waals surface area contributed by atoms with Gasteiger partial charge in [-0.3, -0.25) is 9.59 Å². The van der Waals surface area contributed by atoms with Crippen molar-refractivity contribution in [1.82, 2.24) is 0 Å². The molecule has 0 heterocycles. The van der Waals surface area contributed by atoms with Crippen molar-refractivity contribution in [3.05, 3.63) is 57.6 Å². The lowest BCUT2D eigenvalue weighted by atomic mass is 10.1. The van der Waals surface area contributed by atoms with Crippen molar-refractivity contribution in [3.8, 4) is 0 Å². The van der Waals surface area contributed by atoms with Gasteiger partial charge in [-0.1, -0.05) is 28.1 Å². The highest BCUT2D eigenvalue weighted by Crippen LogP contribution is 2.24. The number of carbonyl (C=O) groups is 2. The van der Waals surface area contributed by atoms with Crippen LogP contribution in [0.3, 0.4) is 0 Å². The van der Waals surface area contributed by atoms with Crippen molar-refractivity contribution in [3.63, 3.8) is 0 Å². The number of nitrogens with one attached hydrogen (secondary N) is 1. The number of hydrogen-bond donors (Lipinski definition) is 1. The molecule has 0 saturated heterocycles. The number of anilines is 2. The number of amides is 2. The van der Waals surface area contributed by atoms with Crippen LogP contribution in [0.15, 0.2) is 40.9 Å². The molecule has 0 aromatic heterocycles. The Bertz CT molecular complexity index is 787. The van der Waals surface area contributed by atoms with Crippen LogP contribution in [0, 0.1) is 20.8 Å². The largest absolute Gasteiger partial charge is 0.325 e. The van der Waals surface area contributed by atoms with E-state index in [-0.39, 0.29) is 18.4 Å². The Kier molecular flexibility index (Phi) is 5.78. The monoisotopic (exact) mass is 388 g/mol. The zero-order valence-corrected chi connectivity index (χ0v) is 15.9. The Morgan fingerprint density at radius 1 is 1.00 bits per heavy atom. The molecule has 24 heavy (non-hydrogen) atoms. The number of hydrogen-bond acceptors (Lipinski definition) is 2. The fourth-order valence-electron chi connectivity index (χ4n) is 2.30. The first-order valence-corrected chi connectivity index (χ1v) is 8.48. The normalized spacial score (nSPS) is 10.4. The molecule has 2 amide bonds. The highest BCUT2D eigenvalue weighted by atomic mass is 79.9. The van der Waals surface area contributed by atoms with E-state index in [0.29, 0.717) is 5.69 Å². The number of benzene rings is 2. The zero-order chi connectivity index (χ0) is 17.9. The average Bonchev–Trinajstić information content (AvgIpc) is 2.51. The van der Waals surface area contributed by atoms with Gasteiger partial charge in [-0.15, -0.1) is 0 Å². The molecule has 0 radical (unpaired) electrons. The quantitative estimate of drug-likeness (QED) is 0.845. The van der Waals surface area contributed by atoms with Gasteiger partial charge in [0.05, 0.1) is 0 Å². The second-order valence-corrected chi connectivity index (χ2v) is 6.74. The lowest BCUT2D eigenvalue weighted by Gasteiger charge is -2.21. The molecule has 0 atom stereocenters. The molecule has 5 heteroatoms. The minimum atomic E-state index is -0.231. The Morgan fingerprint density at radius 2 is 1.67 bits per heavy atom. The predicted octanol–water partition coefficient (Wildman–Crippen LogP) is 4.37. The minimum Gasteiger partial charge on any atom is -0.325 e. The van der Waals surface area contributed by atoms with E-state index in [0.717, 1.165) is 21.3 Å². The van der Waals surface area contributed by atoms with Crippen LogP contribution in [0.25, 0.3) is 0 Å². The number of nitrogens with zero attached hydrogens (tertiary/aromatic N) is 1. The van der Waals surface area contributed by atoms with Crippen molar-refractivity contribution in [2.24, 2.45) is 0 Å². The maximum Gasteiger partial charge on any atom is 0.244 e. The molecule has 0 fully saturated rings. The first-order valence-electron chi connectivity index (χ1n) is 7.69. The summed E-state index contributed by atoms with van der Waals surface area (Å²) in [6.45, 7) is 7.41. The third-order valence-corrected chi connectivity index (χ3v) is 4.79. The summed E-state index contributed by atoms with van der Waals surface area (Å²) in [5.74, 6) is -0.411. The van der Waals surface area contributed by atoms with Crippen molar-refractivity contribution in [2.75, 3.05) is 16.8 Å². The van der Waals surface area contributed by atoms with Crippen molar-refractivity contribution in [1.29, 1.82) is 0 Å². The number of carbonyl (C=O) groups excluding carboxylic acids is 2. The van der Waals surface area contributed by atoms with Crippen molar-refractivity contribution >= 4 is 39.1 Å². The fourth-order valence-corrected chi connectivity index (χ4v) is 2.66. The van der Waals surface area contributed by atoms with Crippen LogP contribution >= 0.6 is 15.9 Å². The van der Waals surface area contributed by atoms with Gasteiger partial charge in [-0.25, -0.2) is 0 Å². The Balaban J connectivity index is 2.15. The topological polar surface area (TPSA) is 49.4 Å². The highest BCUT2D eigenvalue weighted by molar-refractivity contribution is 9.10. The van der Waals surface area contributed by atoms with E-state index in [1.807, 2.05) is 57.2 Å². The molecule has 2 rings (SSSR count). The van der Waals surface area contributed by atoms with Crippen LogP contribution in [0.5, 0.6) is 0 Å². The molecular formula is C19H21BrN2O2. The lowest BCUT2D eigenvalue weighted by Crippen LogP contribution is -2.36. The van der Waals surface area contributed by atoms with E-state index < -0.39 is 0 Å². The van der Waals surface area contributed by atoms with Crippen LogP contribution in [0.1, 0.15) is 23.6 Å². The van der Waals surface area contributed by atoms with Gasteiger partial charge in [0.25, 0.3) is 0 Å². The predicted molar refractivity (Wildman–Crippen MR) is 101 cm³/mol. The molecule has 0 bridgehead atoms. The average molecular weight is 389 g/mol. The maximum absolute atomic E-state index is 12.3. The van der Waals surface area contributed by atoms with Gasteiger partial charge >= 0.3 is 0 Å². The molecule has 0 spiro atoms. The summed E-state index contributed by atoms with van der Waals surface area (Å²) in [7, 11) is 0. The molecule has 126 valence electrons. The summed E-state index contributed by atoms with van der Waals surface area (Å²) < 4.78 is 0.904. The van der Waals surface area contributed by atoms with E-state index in [4.69, 9.17) is 0 Å². The minimum absolute atomic E-state index is 0.0300. The van der Waals surface area contributed by atoms with Gasteiger partial charge in [0, 0.05) is 22.8 Å². The summed E-state index contributed by atoms with van der Waals surface area (Å²) in [5.41, 5.74) is 4.77. The van der Waals surface area contributed by atoms with Crippen molar-refractivity contribution in [2.45, 2.75) is 27.7 Å². The molecule has 0 aliphatic rings. The Labute approximate surface area is 151 Å². The third kappa shape index (κ3) is 4.45. The molecule has 0 aliphatic carbocycles. The Hall–Kier alpha value is -2.14. The molecule has 0 aliphatic heterocycles. The fraction of sp³-hybridized carbons (Fsp3) is 0.263. The van der Waals surface area contributed by atoms with Crippen LogP contribution in [0.2, 0.25) is 0 Å². The van der Waals surface area contributed by atoms with Gasteiger partial charge in [0.15, 0.2) is 0 Å². The van der Waals surface area contributed by atoms with E-state index in [2.05, 4.69) is 21.2 Å². The first-order chi connectivity index (χ1) is 11.3. The first kappa shape index (κ1) is 18.2. The van der Waals surface area contributed by atoms with Crippen molar-refractivity contribution < 1.29 is 9.59 Å². The zero-order valence-electron chi connectivity index (χ0n) is 14.3. The second-order valence-electron chi connectivity index (χ2n) is 5.89. The standard InChI is InChI=1S/C19H21BrN2O2/c1-12-5-7-16(9-14(12)3)21-19(24)11-22(15(4)23)17-8-6-13(2)18(20)10-17/h5-10H,11H2,1-4H3,(H,21,24). The number of aryl methyl sites for hydroxylation is 3. The summed E-state index contributed by atoms with van der Waals surface area (Å²) in [6.07, 6.45) is 0. The van der Waals surface area contributed by atoms with E-state index in [1.165, 1.54) is 17.4 Å². The summed E-state index contributed by atoms with van der Waals surface area (Å²) in [5, 5.41) is 2.85. The molecule has 2 aromatic rings. The Morgan fingerprint density at radius 3 is 2.25 bits per heavy atom. The molecule has 0 unspecified atom stereocenters. The van der Waals surface area contributed by atoms with Gasteiger partial charge in [0.2, 0.25) is 11.8 Å². The van der Waals surface area contributed by atoms with Gasteiger partial charge in [-0.2, -0.15) is 0 Å². The second kappa shape index (κ2) is 7.62. The lowest BCUT2D eigenvalue weighted by molar-refractivity contribution is -0.120. The van der Waals surface area contributed by atoms with E-state index in [1.54, 1.807) is 0 Å². The summed E-state index contributed by atoms with van der Waals surface area (Å²) in [6, 6.07) is 11.3. The van der Waals surface area contributed by atoms with Crippen LogP contribution in [0.4, 0.5) is 11.4 Å². The van der Waals surface area contributed by atoms with E-state index >= 15 is 0 Å². The van der Waals surface area contributed by atoms with Crippen LogP contribution < -0.4 is 10.2 Å². The molecule has 0 saturated carbocycles. The molecular weight excluding hydrogens is 368 g/mol. The summed E-state index contributed by atoms with van der Waals surface area (Å²) in [4.78, 5) is 25.7. The van der Waals surface area contributed by atoms with Crippen LogP contribution in [-0.2, 0) is 9.59 Å². The van der Waals surface area contributed by atoms with Crippen LogP contribution in [-0.4, -0.2) is 18.4 Å². The summed E-state index contributed by atoms with van der Waals surface area (Å²) >= 11 is 3.46. The molecule has 1 N–H and O–H groups in total. The van der Waals surface area contributed by atoms with E-state index in [9.17, 15) is 9.59 Å². The number of rotatable bonds is 4. The third-order valence-electron chi connectivity index (χ3n) is 3.94. The van der Waals surface area contributed by atoms with Gasteiger partial charge < -0.3 is 10.2 Å². The SMILES string of the molecule is CC(=O)N(CC(=O)Nc1ccc(C)c(C)c1)c1ccc(C)c(Br)c1. The maximum atomic E-state index is 12.3. The highest BCUT2D eigenvalue weighted by Gasteiger charge is 2.16. The molecule has 2 aromatic carbocycles. The van der Waals surface area contributed by atoms with Gasteiger partial charge in [0.1, 0.15) is 6.54 Å².